The maximum Gasteiger partial charge on any atom is 0.272 e. The molecule has 2 heterocycles. The number of pyridine rings is 1. The van der Waals surface area contributed by atoms with Crippen LogP contribution in [-0.4, -0.2) is 65.2 Å². The largest absolute Gasteiger partial charge is 0.348 e. The molecule has 1 aliphatic heterocycles. The van der Waals surface area contributed by atoms with Gasteiger partial charge in [-0.05, 0) is 25.0 Å². The van der Waals surface area contributed by atoms with Gasteiger partial charge in [0, 0.05) is 32.2 Å². The second-order valence-corrected chi connectivity index (χ2v) is 7.00. The Bertz CT molecular complexity index is 648. The summed E-state index contributed by atoms with van der Waals surface area (Å²) in [6, 6.07) is 5.18. The van der Waals surface area contributed by atoms with Crippen LogP contribution in [-0.2, 0) is 4.79 Å². The van der Waals surface area contributed by atoms with Crippen molar-refractivity contribution >= 4 is 18.2 Å². The van der Waals surface area contributed by atoms with Crippen molar-refractivity contribution in [2.24, 2.45) is 0 Å². The number of carbonyl (C=O) groups excluding carboxylic acids is 3. The number of nitrogens with zero attached hydrogens (tertiary/aromatic N) is 3. The minimum atomic E-state index is -0.211. The molecule has 7 heteroatoms. The fraction of sp³-hybridized carbons (Fsp3) is 0.579. The molecule has 0 atom stereocenters. The first kappa shape index (κ1) is 18.4. The Labute approximate surface area is 153 Å². The molecule has 1 aromatic rings. The van der Waals surface area contributed by atoms with Gasteiger partial charge in [-0.2, -0.15) is 0 Å². The highest BCUT2D eigenvalue weighted by Gasteiger charge is 2.23. The molecule has 1 saturated heterocycles. The van der Waals surface area contributed by atoms with E-state index in [2.05, 4.69) is 10.3 Å². The lowest BCUT2D eigenvalue weighted by Crippen LogP contribution is -2.48. The topological polar surface area (TPSA) is 82.6 Å². The third-order valence-corrected chi connectivity index (χ3v) is 5.14. The van der Waals surface area contributed by atoms with Crippen LogP contribution < -0.4 is 5.32 Å². The van der Waals surface area contributed by atoms with Crippen LogP contribution in [0.15, 0.2) is 18.2 Å². The van der Waals surface area contributed by atoms with Crippen molar-refractivity contribution in [1.82, 2.24) is 20.1 Å². The molecule has 7 nitrogen and oxygen atoms in total. The van der Waals surface area contributed by atoms with Crippen LogP contribution in [0.25, 0.3) is 0 Å². The number of aromatic nitrogens is 1. The van der Waals surface area contributed by atoms with E-state index in [-0.39, 0.29) is 29.2 Å². The molecule has 1 aliphatic carbocycles. The molecule has 0 radical (unpaired) electrons. The lowest BCUT2D eigenvalue weighted by Gasteiger charge is -2.32. The highest BCUT2D eigenvalue weighted by molar-refractivity contribution is 5.96. The maximum absolute atomic E-state index is 12.6. The lowest BCUT2D eigenvalue weighted by atomic mass is 10.1. The van der Waals surface area contributed by atoms with Crippen LogP contribution in [0.2, 0.25) is 0 Å². The van der Waals surface area contributed by atoms with E-state index in [9.17, 15) is 14.4 Å². The zero-order chi connectivity index (χ0) is 18.4. The second-order valence-electron chi connectivity index (χ2n) is 7.00. The highest BCUT2D eigenvalue weighted by Crippen LogP contribution is 2.17. The molecule has 26 heavy (non-hydrogen) atoms. The van der Waals surface area contributed by atoms with Crippen molar-refractivity contribution in [3.8, 4) is 0 Å². The molecule has 1 saturated carbocycles. The monoisotopic (exact) mass is 358 g/mol. The summed E-state index contributed by atoms with van der Waals surface area (Å²) in [5, 5.41) is 3.06. The Kier molecular flexibility index (Phi) is 6.20. The van der Waals surface area contributed by atoms with Gasteiger partial charge in [-0.25, -0.2) is 4.98 Å². The third-order valence-electron chi connectivity index (χ3n) is 5.14. The van der Waals surface area contributed by atoms with Gasteiger partial charge in [-0.1, -0.05) is 31.7 Å². The van der Waals surface area contributed by atoms with Crippen LogP contribution in [0.4, 0.5) is 0 Å². The second kappa shape index (κ2) is 8.78. The van der Waals surface area contributed by atoms with E-state index < -0.39 is 0 Å². The van der Waals surface area contributed by atoms with Crippen LogP contribution in [0.5, 0.6) is 0 Å². The Balaban J connectivity index is 1.62. The van der Waals surface area contributed by atoms with Gasteiger partial charge < -0.3 is 15.1 Å². The SMILES string of the molecule is O=CN1CCN(C(=O)c2cccc(C(=O)NC3CCCCCC3)n2)CC1. The van der Waals surface area contributed by atoms with Crippen molar-refractivity contribution in [3.05, 3.63) is 29.6 Å². The highest BCUT2D eigenvalue weighted by atomic mass is 16.2. The van der Waals surface area contributed by atoms with E-state index in [0.29, 0.717) is 26.2 Å². The summed E-state index contributed by atoms with van der Waals surface area (Å²) < 4.78 is 0. The number of piperazine rings is 1. The molecule has 0 unspecified atom stereocenters. The Morgan fingerprint density at radius 3 is 2.31 bits per heavy atom. The predicted molar refractivity (Wildman–Crippen MR) is 96.7 cm³/mol. The van der Waals surface area contributed by atoms with Crippen LogP contribution >= 0.6 is 0 Å². The molecule has 0 aromatic carbocycles. The standard InChI is InChI=1S/C19H26N4O3/c24-14-22-10-12-23(13-11-22)19(26)17-9-5-8-16(21-17)18(25)20-15-6-3-1-2-4-7-15/h5,8-9,14-15H,1-4,6-7,10-13H2,(H,20,25). The van der Waals surface area contributed by atoms with Crippen LogP contribution in [0.3, 0.4) is 0 Å². The summed E-state index contributed by atoms with van der Waals surface area (Å²) in [5.41, 5.74) is 0.560. The van der Waals surface area contributed by atoms with E-state index in [1.54, 1.807) is 28.0 Å². The van der Waals surface area contributed by atoms with E-state index in [4.69, 9.17) is 0 Å². The van der Waals surface area contributed by atoms with Crippen LogP contribution in [0, 0.1) is 0 Å². The fourth-order valence-corrected chi connectivity index (χ4v) is 3.56. The number of amides is 3. The summed E-state index contributed by atoms with van der Waals surface area (Å²) in [4.78, 5) is 43.5. The molecule has 0 spiro atoms. The summed E-state index contributed by atoms with van der Waals surface area (Å²) in [6.45, 7) is 2.02. The van der Waals surface area contributed by atoms with Gasteiger partial charge in [0.2, 0.25) is 6.41 Å². The fourth-order valence-electron chi connectivity index (χ4n) is 3.56. The number of hydrogen-bond donors (Lipinski definition) is 1. The van der Waals surface area contributed by atoms with Gasteiger partial charge in [0.05, 0.1) is 0 Å². The Morgan fingerprint density at radius 1 is 1.00 bits per heavy atom. The lowest BCUT2D eigenvalue weighted by molar-refractivity contribution is -0.119. The average Bonchev–Trinajstić information content (AvgIpc) is 2.96. The van der Waals surface area contributed by atoms with Gasteiger partial charge in [0.15, 0.2) is 0 Å². The summed E-state index contributed by atoms with van der Waals surface area (Å²) in [6.07, 6.45) is 7.56. The number of rotatable bonds is 4. The first-order chi connectivity index (χ1) is 12.7. The molecule has 0 bridgehead atoms. The normalized spacial score (nSPS) is 18.9. The quantitative estimate of drug-likeness (QED) is 0.652. The molecular weight excluding hydrogens is 332 g/mol. The number of hydrogen-bond acceptors (Lipinski definition) is 4. The maximum atomic E-state index is 12.6. The summed E-state index contributed by atoms with van der Waals surface area (Å²) in [7, 11) is 0. The van der Waals surface area contributed by atoms with Crippen molar-refractivity contribution in [2.75, 3.05) is 26.2 Å². The van der Waals surface area contributed by atoms with Gasteiger partial charge >= 0.3 is 0 Å². The van der Waals surface area contributed by atoms with E-state index >= 15 is 0 Å². The number of carbonyl (C=O) groups is 3. The molecule has 2 fully saturated rings. The molecule has 1 aromatic heterocycles. The first-order valence-corrected chi connectivity index (χ1v) is 9.44. The van der Waals surface area contributed by atoms with Gasteiger partial charge in [0.1, 0.15) is 11.4 Å². The smallest absolute Gasteiger partial charge is 0.272 e. The number of nitrogens with one attached hydrogen (secondary N) is 1. The van der Waals surface area contributed by atoms with E-state index in [1.165, 1.54) is 12.8 Å². The Hall–Kier alpha value is -2.44. The average molecular weight is 358 g/mol. The first-order valence-electron chi connectivity index (χ1n) is 9.44. The Morgan fingerprint density at radius 2 is 1.65 bits per heavy atom. The third kappa shape index (κ3) is 4.59. The predicted octanol–water partition coefficient (Wildman–Crippen LogP) is 1.45. The van der Waals surface area contributed by atoms with Crippen LogP contribution in [0.1, 0.15) is 59.5 Å². The molecule has 3 amide bonds. The molecule has 3 rings (SSSR count). The molecular formula is C19H26N4O3. The van der Waals surface area contributed by atoms with Crippen molar-refractivity contribution < 1.29 is 14.4 Å². The van der Waals surface area contributed by atoms with E-state index in [1.807, 2.05) is 0 Å². The van der Waals surface area contributed by atoms with Crippen molar-refractivity contribution in [2.45, 2.75) is 44.6 Å². The molecule has 1 N–H and O–H groups in total. The zero-order valence-corrected chi connectivity index (χ0v) is 15.0. The summed E-state index contributed by atoms with van der Waals surface area (Å²) >= 11 is 0. The van der Waals surface area contributed by atoms with Crippen molar-refractivity contribution in [1.29, 1.82) is 0 Å². The van der Waals surface area contributed by atoms with E-state index in [0.717, 1.165) is 32.1 Å². The molecule has 2 aliphatic rings. The zero-order valence-electron chi connectivity index (χ0n) is 15.0. The van der Waals surface area contributed by atoms with Crippen molar-refractivity contribution in [3.63, 3.8) is 0 Å². The minimum Gasteiger partial charge on any atom is -0.348 e. The van der Waals surface area contributed by atoms with Gasteiger partial charge in [0.25, 0.3) is 11.8 Å². The molecule has 140 valence electrons. The minimum absolute atomic E-state index is 0.195. The van der Waals surface area contributed by atoms with Gasteiger partial charge in [-0.15, -0.1) is 0 Å². The summed E-state index contributed by atoms with van der Waals surface area (Å²) in [5.74, 6) is -0.406. The van der Waals surface area contributed by atoms with Gasteiger partial charge in [-0.3, -0.25) is 14.4 Å².